The summed E-state index contributed by atoms with van der Waals surface area (Å²) in [7, 11) is 1.86. The molecule has 27 heavy (non-hydrogen) atoms. The zero-order valence-corrected chi connectivity index (χ0v) is 15.9. The molecule has 0 bridgehead atoms. The predicted octanol–water partition coefficient (Wildman–Crippen LogP) is 3.10. The molecule has 5 nitrogen and oxygen atoms in total. The van der Waals surface area contributed by atoms with Crippen LogP contribution in [0.1, 0.15) is 33.3 Å². The highest BCUT2D eigenvalue weighted by Crippen LogP contribution is 2.30. The number of fused-ring (bicyclic) bond motifs is 1. The average molecular weight is 390 g/mol. The number of hydrogen-bond donors (Lipinski definition) is 2. The van der Waals surface area contributed by atoms with Crippen LogP contribution < -0.4 is 10.6 Å². The Balaban J connectivity index is 1.57. The number of halogens is 2. The fraction of sp³-hybridized carbons (Fsp3) is 0.368. The molecule has 4 rings (SSSR count). The molecule has 2 atom stereocenters. The molecule has 2 aromatic heterocycles. The van der Waals surface area contributed by atoms with Crippen LogP contribution >= 0.6 is 11.3 Å². The second-order valence-electron chi connectivity index (χ2n) is 6.89. The number of thiophene rings is 1. The van der Waals surface area contributed by atoms with Gasteiger partial charge in [0.1, 0.15) is 4.83 Å². The molecule has 1 aromatic carbocycles. The molecule has 3 aromatic rings. The number of carbonyl (C=O) groups is 1. The predicted molar refractivity (Wildman–Crippen MR) is 101 cm³/mol. The molecule has 0 saturated carbocycles. The highest BCUT2D eigenvalue weighted by molar-refractivity contribution is 7.20. The highest BCUT2D eigenvalue weighted by Gasteiger charge is 2.29. The topological polar surface area (TPSA) is 59.0 Å². The summed E-state index contributed by atoms with van der Waals surface area (Å²) < 4.78 is 28.7. The minimum Gasteiger partial charge on any atom is -0.347 e. The lowest BCUT2D eigenvalue weighted by Crippen LogP contribution is -2.49. The van der Waals surface area contributed by atoms with Crippen molar-refractivity contribution in [3.8, 4) is 0 Å². The molecule has 1 fully saturated rings. The van der Waals surface area contributed by atoms with Crippen LogP contribution in [0.25, 0.3) is 10.2 Å². The Morgan fingerprint density at radius 3 is 2.89 bits per heavy atom. The Kier molecular flexibility index (Phi) is 4.69. The molecule has 142 valence electrons. The van der Waals surface area contributed by atoms with Crippen molar-refractivity contribution in [2.24, 2.45) is 7.05 Å². The van der Waals surface area contributed by atoms with Crippen molar-refractivity contribution < 1.29 is 13.6 Å². The van der Waals surface area contributed by atoms with Gasteiger partial charge in [-0.2, -0.15) is 5.10 Å². The fourth-order valence-electron chi connectivity index (χ4n) is 3.71. The van der Waals surface area contributed by atoms with Gasteiger partial charge in [-0.15, -0.1) is 11.3 Å². The Morgan fingerprint density at radius 2 is 2.15 bits per heavy atom. The van der Waals surface area contributed by atoms with E-state index in [1.165, 1.54) is 17.4 Å². The summed E-state index contributed by atoms with van der Waals surface area (Å²) in [6, 6.07) is 5.65. The van der Waals surface area contributed by atoms with Crippen molar-refractivity contribution in [3.63, 3.8) is 0 Å². The van der Waals surface area contributed by atoms with Crippen LogP contribution in [0.3, 0.4) is 0 Å². The third-order valence-corrected chi connectivity index (χ3v) is 6.29. The van der Waals surface area contributed by atoms with Gasteiger partial charge in [-0.05, 0) is 43.7 Å². The number of carbonyl (C=O) groups excluding carboxylic acids is 1. The van der Waals surface area contributed by atoms with Gasteiger partial charge in [0, 0.05) is 30.9 Å². The molecule has 8 heteroatoms. The van der Waals surface area contributed by atoms with E-state index in [9.17, 15) is 13.6 Å². The minimum atomic E-state index is -0.859. The first-order valence-corrected chi connectivity index (χ1v) is 9.65. The van der Waals surface area contributed by atoms with E-state index in [4.69, 9.17) is 0 Å². The zero-order chi connectivity index (χ0) is 19.1. The van der Waals surface area contributed by atoms with Crippen LogP contribution in [-0.2, 0) is 7.05 Å². The number of amides is 1. The smallest absolute Gasteiger partial charge is 0.261 e. The zero-order valence-electron chi connectivity index (χ0n) is 15.1. The largest absolute Gasteiger partial charge is 0.347 e. The second kappa shape index (κ2) is 7.01. The van der Waals surface area contributed by atoms with Crippen molar-refractivity contribution in [1.29, 1.82) is 0 Å². The number of aromatic nitrogens is 2. The Labute approximate surface area is 159 Å². The van der Waals surface area contributed by atoms with Gasteiger partial charge in [-0.3, -0.25) is 9.48 Å². The van der Waals surface area contributed by atoms with Crippen molar-refractivity contribution in [2.75, 3.05) is 13.1 Å². The molecule has 1 saturated heterocycles. The SMILES string of the molecule is Cc1nn(C)c2sc(C(=O)NC3CNCCC3c3ccc(F)c(F)c3)cc12. The molecule has 1 amide bonds. The quantitative estimate of drug-likeness (QED) is 0.723. The van der Waals surface area contributed by atoms with Crippen LogP contribution in [0.4, 0.5) is 8.78 Å². The maximum atomic E-state index is 13.7. The summed E-state index contributed by atoms with van der Waals surface area (Å²) >= 11 is 1.40. The van der Waals surface area contributed by atoms with Crippen LogP contribution in [0.2, 0.25) is 0 Å². The van der Waals surface area contributed by atoms with Crippen molar-refractivity contribution in [1.82, 2.24) is 20.4 Å². The molecule has 1 aliphatic heterocycles. The minimum absolute atomic E-state index is 0.0666. The third kappa shape index (κ3) is 3.35. The number of benzene rings is 1. The molecule has 2 N–H and O–H groups in total. The van der Waals surface area contributed by atoms with Gasteiger partial charge in [0.25, 0.3) is 5.91 Å². The van der Waals surface area contributed by atoms with Crippen molar-refractivity contribution in [3.05, 3.63) is 52.0 Å². The first-order chi connectivity index (χ1) is 12.9. The first kappa shape index (κ1) is 18.1. The molecule has 0 aliphatic carbocycles. The van der Waals surface area contributed by atoms with E-state index in [1.807, 2.05) is 20.0 Å². The second-order valence-corrected chi connectivity index (χ2v) is 7.92. The molecule has 0 radical (unpaired) electrons. The monoisotopic (exact) mass is 390 g/mol. The van der Waals surface area contributed by atoms with Gasteiger partial charge >= 0.3 is 0 Å². The highest BCUT2D eigenvalue weighted by atomic mass is 32.1. The third-order valence-electron chi connectivity index (χ3n) is 5.09. The van der Waals surface area contributed by atoms with Gasteiger partial charge in [0.2, 0.25) is 0 Å². The number of aryl methyl sites for hydroxylation is 2. The number of hydrogen-bond acceptors (Lipinski definition) is 4. The summed E-state index contributed by atoms with van der Waals surface area (Å²) in [5.41, 5.74) is 1.60. The molecular weight excluding hydrogens is 370 g/mol. The van der Waals surface area contributed by atoms with E-state index in [1.54, 1.807) is 10.7 Å². The number of nitrogens with one attached hydrogen (secondary N) is 2. The first-order valence-electron chi connectivity index (χ1n) is 8.83. The van der Waals surface area contributed by atoms with Gasteiger partial charge in [-0.1, -0.05) is 6.07 Å². The normalized spacial score (nSPS) is 20.1. The van der Waals surface area contributed by atoms with E-state index in [0.29, 0.717) is 17.0 Å². The Bertz CT molecular complexity index is 978. The van der Waals surface area contributed by atoms with Crippen LogP contribution in [0.15, 0.2) is 24.3 Å². The summed E-state index contributed by atoms with van der Waals surface area (Å²) in [6.45, 7) is 3.27. The molecule has 2 unspecified atom stereocenters. The van der Waals surface area contributed by atoms with Gasteiger partial charge in [0.15, 0.2) is 11.6 Å². The van der Waals surface area contributed by atoms with Crippen LogP contribution in [0, 0.1) is 18.6 Å². The lowest BCUT2D eigenvalue weighted by molar-refractivity contribution is 0.0928. The standard InChI is InChI=1S/C19H20F2N4OS/c1-10-13-8-17(27-19(13)25(2)24-10)18(26)23-16-9-22-6-5-12(16)11-3-4-14(20)15(21)7-11/h3-4,7-8,12,16,22H,5-6,9H2,1-2H3,(H,23,26). The van der Waals surface area contributed by atoms with Crippen LogP contribution in [0.5, 0.6) is 0 Å². The van der Waals surface area contributed by atoms with E-state index in [2.05, 4.69) is 15.7 Å². The Hall–Kier alpha value is -2.32. The number of piperidine rings is 1. The van der Waals surface area contributed by atoms with E-state index in [0.717, 1.165) is 34.9 Å². The summed E-state index contributed by atoms with van der Waals surface area (Å²) in [5, 5.41) is 11.7. The number of rotatable bonds is 3. The maximum absolute atomic E-state index is 13.7. The molecule has 0 spiro atoms. The lowest BCUT2D eigenvalue weighted by atomic mass is 9.86. The molecular formula is C19H20F2N4OS. The average Bonchev–Trinajstić information content (AvgIpc) is 3.20. The Morgan fingerprint density at radius 1 is 1.33 bits per heavy atom. The van der Waals surface area contributed by atoms with Crippen molar-refractivity contribution in [2.45, 2.75) is 25.3 Å². The van der Waals surface area contributed by atoms with Crippen molar-refractivity contribution >= 4 is 27.5 Å². The van der Waals surface area contributed by atoms with E-state index >= 15 is 0 Å². The fourth-order valence-corrected chi connectivity index (χ4v) is 4.74. The summed E-state index contributed by atoms with van der Waals surface area (Å²) in [4.78, 5) is 14.4. The lowest BCUT2D eigenvalue weighted by Gasteiger charge is -2.33. The number of nitrogens with zero attached hydrogens (tertiary/aromatic N) is 2. The summed E-state index contributed by atoms with van der Waals surface area (Å²) in [5.74, 6) is -1.94. The van der Waals surface area contributed by atoms with Crippen LogP contribution in [-0.4, -0.2) is 34.8 Å². The van der Waals surface area contributed by atoms with E-state index in [-0.39, 0.29) is 17.9 Å². The van der Waals surface area contributed by atoms with Gasteiger partial charge < -0.3 is 10.6 Å². The van der Waals surface area contributed by atoms with Gasteiger partial charge in [0.05, 0.1) is 10.6 Å². The maximum Gasteiger partial charge on any atom is 0.261 e. The van der Waals surface area contributed by atoms with E-state index < -0.39 is 11.6 Å². The molecule has 1 aliphatic rings. The molecule has 3 heterocycles. The van der Waals surface area contributed by atoms with Gasteiger partial charge in [-0.25, -0.2) is 8.78 Å². The summed E-state index contributed by atoms with van der Waals surface area (Å²) in [6.07, 6.45) is 0.742.